The fourth-order valence-corrected chi connectivity index (χ4v) is 1.70. The molecule has 0 aliphatic heterocycles. The van der Waals surface area contributed by atoms with Crippen LogP contribution >= 0.6 is 15.9 Å². The van der Waals surface area contributed by atoms with Gasteiger partial charge in [-0.1, -0.05) is 15.9 Å². The van der Waals surface area contributed by atoms with Crippen LogP contribution in [0.25, 0.3) is 0 Å². The van der Waals surface area contributed by atoms with Gasteiger partial charge in [0.1, 0.15) is 0 Å². The molecule has 1 aromatic carbocycles. The lowest BCUT2D eigenvalue weighted by Gasteiger charge is -2.12. The van der Waals surface area contributed by atoms with Crippen molar-refractivity contribution in [2.75, 3.05) is 7.11 Å². The predicted octanol–water partition coefficient (Wildman–Crippen LogP) is 2.99. The molecular formula is C10H9BrFNO2. The van der Waals surface area contributed by atoms with Crippen LogP contribution in [-0.4, -0.2) is 13.2 Å². The Bertz CT molecular complexity index is 416. The van der Waals surface area contributed by atoms with Crippen LogP contribution < -0.4 is 4.74 Å². The number of carbonyl (C=O) groups excluding carboxylic acids is 1. The van der Waals surface area contributed by atoms with Gasteiger partial charge in [0.25, 0.3) is 0 Å². The van der Waals surface area contributed by atoms with Crippen molar-refractivity contribution in [2.45, 2.75) is 13.0 Å². The highest BCUT2D eigenvalue weighted by Crippen LogP contribution is 2.32. The van der Waals surface area contributed by atoms with Crippen molar-refractivity contribution in [1.29, 1.82) is 0 Å². The Morgan fingerprint density at radius 2 is 2.27 bits per heavy atom. The Balaban J connectivity index is 3.31. The minimum absolute atomic E-state index is 0.102. The lowest BCUT2D eigenvalue weighted by Crippen LogP contribution is -1.98. The second-order valence-corrected chi connectivity index (χ2v) is 3.82. The molecule has 0 saturated carbocycles. The van der Waals surface area contributed by atoms with Crippen molar-refractivity contribution in [2.24, 2.45) is 4.99 Å². The fraction of sp³-hybridized carbons (Fsp3) is 0.300. The van der Waals surface area contributed by atoms with Crippen LogP contribution in [0.15, 0.2) is 21.6 Å². The van der Waals surface area contributed by atoms with Crippen molar-refractivity contribution >= 4 is 22.0 Å². The molecule has 0 radical (unpaired) electrons. The fourth-order valence-electron chi connectivity index (χ4n) is 1.25. The van der Waals surface area contributed by atoms with E-state index in [1.807, 2.05) is 0 Å². The standard InChI is InChI=1S/C10H9BrFNO2/c1-6(13-5-14)8-3-7(11)4-9(12)10(8)15-2/h3-4,6H,1-2H3. The number of methoxy groups -OCH3 is 1. The number of ether oxygens (including phenoxy) is 1. The number of halogens is 2. The number of hydrogen-bond acceptors (Lipinski definition) is 3. The maximum absolute atomic E-state index is 13.4. The molecule has 0 spiro atoms. The molecule has 80 valence electrons. The molecule has 0 heterocycles. The third-order valence-electron chi connectivity index (χ3n) is 1.94. The van der Waals surface area contributed by atoms with E-state index in [1.165, 1.54) is 19.3 Å². The number of isocyanates is 1. The molecule has 0 saturated heterocycles. The van der Waals surface area contributed by atoms with E-state index in [0.29, 0.717) is 10.0 Å². The van der Waals surface area contributed by atoms with E-state index in [0.717, 1.165) is 0 Å². The van der Waals surface area contributed by atoms with Crippen molar-refractivity contribution in [3.8, 4) is 5.75 Å². The van der Waals surface area contributed by atoms with Crippen LogP contribution in [0.5, 0.6) is 5.75 Å². The quantitative estimate of drug-likeness (QED) is 0.627. The second kappa shape index (κ2) is 5.05. The molecule has 1 atom stereocenters. The zero-order valence-corrected chi connectivity index (χ0v) is 9.84. The average Bonchev–Trinajstić information content (AvgIpc) is 2.17. The summed E-state index contributed by atoms with van der Waals surface area (Å²) in [5.41, 5.74) is 0.507. The highest BCUT2D eigenvalue weighted by atomic mass is 79.9. The Kier molecular flexibility index (Phi) is 4.00. The number of nitrogens with zero attached hydrogens (tertiary/aromatic N) is 1. The summed E-state index contributed by atoms with van der Waals surface area (Å²) in [7, 11) is 1.37. The summed E-state index contributed by atoms with van der Waals surface area (Å²) in [5.74, 6) is -0.389. The van der Waals surface area contributed by atoms with Gasteiger partial charge in [-0.2, -0.15) is 4.99 Å². The lowest BCUT2D eigenvalue weighted by molar-refractivity contribution is 0.378. The van der Waals surface area contributed by atoms with Gasteiger partial charge in [-0.3, -0.25) is 0 Å². The molecule has 1 unspecified atom stereocenters. The second-order valence-electron chi connectivity index (χ2n) is 2.91. The average molecular weight is 274 g/mol. The van der Waals surface area contributed by atoms with E-state index in [-0.39, 0.29) is 5.75 Å². The van der Waals surface area contributed by atoms with Crippen molar-refractivity contribution in [3.63, 3.8) is 0 Å². The van der Waals surface area contributed by atoms with Crippen LogP contribution in [0.3, 0.4) is 0 Å². The molecule has 15 heavy (non-hydrogen) atoms. The first-order valence-electron chi connectivity index (χ1n) is 4.20. The number of hydrogen-bond donors (Lipinski definition) is 0. The molecule has 0 fully saturated rings. The summed E-state index contributed by atoms with van der Waals surface area (Å²) in [6.45, 7) is 1.66. The zero-order chi connectivity index (χ0) is 11.4. The third-order valence-corrected chi connectivity index (χ3v) is 2.40. The summed E-state index contributed by atoms with van der Waals surface area (Å²) in [4.78, 5) is 13.6. The SMILES string of the molecule is COc1c(F)cc(Br)cc1C(C)N=C=O. The van der Waals surface area contributed by atoms with E-state index in [9.17, 15) is 9.18 Å². The molecule has 1 rings (SSSR count). The first-order chi connectivity index (χ1) is 7.10. The minimum Gasteiger partial charge on any atom is -0.493 e. The van der Waals surface area contributed by atoms with Crippen molar-refractivity contribution < 1.29 is 13.9 Å². The zero-order valence-electron chi connectivity index (χ0n) is 8.25. The van der Waals surface area contributed by atoms with Gasteiger partial charge in [-0.05, 0) is 19.1 Å². The van der Waals surface area contributed by atoms with Gasteiger partial charge in [0.15, 0.2) is 11.6 Å². The molecule has 0 aromatic heterocycles. The van der Waals surface area contributed by atoms with E-state index in [1.54, 1.807) is 13.0 Å². The van der Waals surface area contributed by atoms with Gasteiger partial charge in [0, 0.05) is 10.0 Å². The van der Waals surface area contributed by atoms with Gasteiger partial charge in [0.05, 0.1) is 13.2 Å². The molecule has 0 bridgehead atoms. The molecular weight excluding hydrogens is 265 g/mol. The number of rotatable bonds is 3. The maximum atomic E-state index is 13.4. The Hall–Kier alpha value is -1.19. The van der Waals surface area contributed by atoms with Crippen LogP contribution in [0.4, 0.5) is 4.39 Å². The van der Waals surface area contributed by atoms with Crippen LogP contribution in [0, 0.1) is 5.82 Å². The number of aliphatic imine (C=N–C) groups is 1. The maximum Gasteiger partial charge on any atom is 0.235 e. The molecule has 0 amide bonds. The molecule has 3 nitrogen and oxygen atoms in total. The van der Waals surface area contributed by atoms with Crippen LogP contribution in [0.2, 0.25) is 0 Å². The number of benzene rings is 1. The Morgan fingerprint density at radius 3 is 2.80 bits per heavy atom. The van der Waals surface area contributed by atoms with Crippen molar-refractivity contribution in [1.82, 2.24) is 0 Å². The van der Waals surface area contributed by atoms with E-state index >= 15 is 0 Å². The highest BCUT2D eigenvalue weighted by Gasteiger charge is 2.15. The minimum atomic E-state index is -0.491. The van der Waals surface area contributed by atoms with Gasteiger partial charge in [-0.15, -0.1) is 0 Å². The predicted molar refractivity (Wildman–Crippen MR) is 57.2 cm³/mol. The van der Waals surface area contributed by atoms with Crippen molar-refractivity contribution in [3.05, 3.63) is 28.0 Å². The summed E-state index contributed by atoms with van der Waals surface area (Å²) in [6, 6.07) is 2.47. The third kappa shape index (κ3) is 2.64. The highest BCUT2D eigenvalue weighted by molar-refractivity contribution is 9.10. The van der Waals surface area contributed by atoms with E-state index in [2.05, 4.69) is 20.9 Å². The smallest absolute Gasteiger partial charge is 0.235 e. The van der Waals surface area contributed by atoms with E-state index in [4.69, 9.17) is 4.74 Å². The molecule has 1 aromatic rings. The summed E-state index contributed by atoms with van der Waals surface area (Å²) < 4.78 is 18.9. The van der Waals surface area contributed by atoms with Gasteiger partial charge in [-0.25, -0.2) is 9.18 Å². The molecule has 5 heteroatoms. The Morgan fingerprint density at radius 1 is 1.60 bits per heavy atom. The van der Waals surface area contributed by atoms with Crippen LogP contribution in [-0.2, 0) is 4.79 Å². The summed E-state index contributed by atoms with van der Waals surface area (Å²) in [5, 5.41) is 0. The van der Waals surface area contributed by atoms with Crippen LogP contribution in [0.1, 0.15) is 18.5 Å². The lowest BCUT2D eigenvalue weighted by atomic mass is 10.1. The summed E-state index contributed by atoms with van der Waals surface area (Å²) >= 11 is 3.16. The van der Waals surface area contributed by atoms with Gasteiger partial charge >= 0.3 is 0 Å². The van der Waals surface area contributed by atoms with Gasteiger partial charge < -0.3 is 4.74 Å². The largest absolute Gasteiger partial charge is 0.493 e. The molecule has 0 N–H and O–H groups in total. The van der Waals surface area contributed by atoms with Gasteiger partial charge in [0.2, 0.25) is 6.08 Å². The monoisotopic (exact) mass is 273 g/mol. The van der Waals surface area contributed by atoms with E-state index < -0.39 is 11.9 Å². The first kappa shape index (κ1) is 11.9. The topological polar surface area (TPSA) is 38.7 Å². The Labute approximate surface area is 95.1 Å². The molecule has 0 aliphatic carbocycles. The normalized spacial score (nSPS) is 11.7. The first-order valence-corrected chi connectivity index (χ1v) is 4.99. The molecule has 0 aliphatic rings. The summed E-state index contributed by atoms with van der Waals surface area (Å²) in [6.07, 6.45) is 1.44.